The zero-order chi connectivity index (χ0) is 18.9. The Morgan fingerprint density at radius 1 is 1.12 bits per heavy atom. The summed E-state index contributed by atoms with van der Waals surface area (Å²) >= 11 is 0. The summed E-state index contributed by atoms with van der Waals surface area (Å²) in [5.41, 5.74) is 0.845. The molecule has 0 saturated carbocycles. The van der Waals surface area contributed by atoms with Crippen LogP contribution in [-0.2, 0) is 9.53 Å². The lowest BCUT2D eigenvalue weighted by atomic mass is 10.1. The lowest BCUT2D eigenvalue weighted by Crippen LogP contribution is -2.42. The molecular formula is C19H17N3O4. The van der Waals surface area contributed by atoms with E-state index in [4.69, 9.17) is 10.00 Å². The zero-order valence-corrected chi connectivity index (χ0v) is 14.1. The van der Waals surface area contributed by atoms with Crippen LogP contribution in [0.1, 0.15) is 34.5 Å². The van der Waals surface area contributed by atoms with Crippen LogP contribution in [0.4, 0.5) is 4.79 Å². The van der Waals surface area contributed by atoms with Gasteiger partial charge in [0.15, 0.2) is 0 Å². The van der Waals surface area contributed by atoms with Gasteiger partial charge >= 0.3 is 12.0 Å². The van der Waals surface area contributed by atoms with Gasteiger partial charge < -0.3 is 10.1 Å². The molecule has 0 aliphatic carbocycles. The number of ether oxygens (including phenoxy) is 1. The predicted molar refractivity (Wildman–Crippen MR) is 93.0 cm³/mol. The van der Waals surface area contributed by atoms with Gasteiger partial charge in [-0.3, -0.25) is 10.1 Å². The van der Waals surface area contributed by atoms with Gasteiger partial charge in [0.2, 0.25) is 6.10 Å². The van der Waals surface area contributed by atoms with Crippen LogP contribution in [0.15, 0.2) is 54.6 Å². The van der Waals surface area contributed by atoms with Crippen molar-refractivity contribution in [2.75, 3.05) is 6.54 Å². The molecule has 0 spiro atoms. The molecule has 0 saturated heterocycles. The Bertz CT molecular complexity index is 843. The summed E-state index contributed by atoms with van der Waals surface area (Å²) in [7, 11) is 0. The van der Waals surface area contributed by atoms with Gasteiger partial charge in [-0.05, 0) is 25.1 Å². The molecule has 26 heavy (non-hydrogen) atoms. The number of hydrogen-bond acceptors (Lipinski definition) is 5. The number of urea groups is 1. The highest BCUT2D eigenvalue weighted by Crippen LogP contribution is 2.20. The number of benzene rings is 2. The van der Waals surface area contributed by atoms with Crippen molar-refractivity contribution in [3.05, 3.63) is 71.3 Å². The SMILES string of the molecule is CCNC(=O)NC(=O)C(OC(=O)c1cccc(C#N)c1)c1ccccc1. The highest BCUT2D eigenvalue weighted by Gasteiger charge is 2.27. The first-order valence-electron chi connectivity index (χ1n) is 7.90. The summed E-state index contributed by atoms with van der Waals surface area (Å²) < 4.78 is 5.32. The molecule has 2 rings (SSSR count). The van der Waals surface area contributed by atoms with Crippen LogP contribution in [0.25, 0.3) is 0 Å². The third kappa shape index (κ3) is 4.92. The highest BCUT2D eigenvalue weighted by molar-refractivity contribution is 5.99. The molecular weight excluding hydrogens is 334 g/mol. The molecule has 7 nitrogen and oxygen atoms in total. The molecule has 0 radical (unpaired) electrons. The smallest absolute Gasteiger partial charge is 0.339 e. The van der Waals surface area contributed by atoms with E-state index in [0.717, 1.165) is 0 Å². The molecule has 0 aromatic heterocycles. The van der Waals surface area contributed by atoms with Gasteiger partial charge in [0.25, 0.3) is 5.91 Å². The number of nitriles is 1. The van der Waals surface area contributed by atoms with Gasteiger partial charge in [-0.1, -0.05) is 36.4 Å². The van der Waals surface area contributed by atoms with Crippen LogP contribution in [0, 0.1) is 11.3 Å². The van der Waals surface area contributed by atoms with E-state index in [1.54, 1.807) is 49.4 Å². The minimum Gasteiger partial charge on any atom is -0.444 e. The van der Waals surface area contributed by atoms with Crippen molar-refractivity contribution in [1.29, 1.82) is 5.26 Å². The average Bonchev–Trinajstić information content (AvgIpc) is 2.66. The lowest BCUT2D eigenvalue weighted by molar-refractivity contribution is -0.129. The van der Waals surface area contributed by atoms with Crippen LogP contribution < -0.4 is 10.6 Å². The largest absolute Gasteiger partial charge is 0.444 e. The Morgan fingerprint density at radius 2 is 1.85 bits per heavy atom. The summed E-state index contributed by atoms with van der Waals surface area (Å²) in [5.74, 6) is -1.55. The zero-order valence-electron chi connectivity index (χ0n) is 14.1. The first-order valence-corrected chi connectivity index (χ1v) is 7.90. The fraction of sp³-hybridized carbons (Fsp3) is 0.158. The first-order chi connectivity index (χ1) is 12.5. The average molecular weight is 351 g/mol. The Balaban J connectivity index is 2.24. The summed E-state index contributed by atoms with van der Waals surface area (Å²) in [4.78, 5) is 36.4. The Hall–Kier alpha value is -3.66. The topological polar surface area (TPSA) is 108 Å². The second-order valence-electron chi connectivity index (χ2n) is 5.24. The van der Waals surface area contributed by atoms with E-state index >= 15 is 0 Å². The van der Waals surface area contributed by atoms with Gasteiger partial charge in [-0.25, -0.2) is 9.59 Å². The molecule has 2 aromatic carbocycles. The lowest BCUT2D eigenvalue weighted by Gasteiger charge is -2.17. The van der Waals surface area contributed by atoms with Crippen molar-refractivity contribution in [3.8, 4) is 6.07 Å². The van der Waals surface area contributed by atoms with E-state index in [1.165, 1.54) is 12.1 Å². The number of nitrogens with zero attached hydrogens (tertiary/aromatic N) is 1. The molecule has 0 aliphatic heterocycles. The molecule has 2 N–H and O–H groups in total. The van der Waals surface area contributed by atoms with Crippen molar-refractivity contribution in [3.63, 3.8) is 0 Å². The van der Waals surface area contributed by atoms with E-state index in [9.17, 15) is 14.4 Å². The van der Waals surface area contributed by atoms with E-state index in [0.29, 0.717) is 17.7 Å². The number of carbonyl (C=O) groups excluding carboxylic acids is 3. The third-order valence-corrected chi connectivity index (χ3v) is 3.37. The Labute approximate surface area is 150 Å². The molecule has 0 fully saturated rings. The van der Waals surface area contributed by atoms with Crippen molar-refractivity contribution < 1.29 is 19.1 Å². The van der Waals surface area contributed by atoms with E-state index < -0.39 is 24.0 Å². The van der Waals surface area contributed by atoms with Gasteiger partial charge in [-0.15, -0.1) is 0 Å². The third-order valence-electron chi connectivity index (χ3n) is 3.37. The first kappa shape index (κ1) is 18.7. The molecule has 1 atom stereocenters. The normalized spacial score (nSPS) is 10.9. The Kier molecular flexibility index (Phi) is 6.46. The number of imide groups is 1. The fourth-order valence-electron chi connectivity index (χ4n) is 2.17. The van der Waals surface area contributed by atoms with Gasteiger partial charge in [0.05, 0.1) is 17.2 Å². The molecule has 1 unspecified atom stereocenters. The maximum atomic E-state index is 12.4. The molecule has 3 amide bonds. The monoisotopic (exact) mass is 351 g/mol. The maximum absolute atomic E-state index is 12.4. The minimum atomic E-state index is -1.31. The van der Waals surface area contributed by atoms with Gasteiger partial charge in [-0.2, -0.15) is 5.26 Å². The summed E-state index contributed by atoms with van der Waals surface area (Å²) in [6.45, 7) is 2.05. The fourth-order valence-corrected chi connectivity index (χ4v) is 2.17. The van der Waals surface area contributed by atoms with Crippen LogP contribution in [0.3, 0.4) is 0 Å². The number of hydrogen-bond donors (Lipinski definition) is 2. The standard InChI is InChI=1S/C19H17N3O4/c1-2-21-19(25)22-17(23)16(14-8-4-3-5-9-14)26-18(24)15-10-6-7-13(11-15)12-20/h3-11,16H,2H2,1H3,(H2,21,22,23,25). The number of carbonyl (C=O) groups is 3. The molecule has 7 heteroatoms. The van der Waals surface area contributed by atoms with Gasteiger partial charge in [0.1, 0.15) is 0 Å². The van der Waals surface area contributed by atoms with Crippen molar-refractivity contribution in [1.82, 2.24) is 10.6 Å². The molecule has 0 heterocycles. The molecule has 0 aliphatic rings. The Morgan fingerprint density at radius 3 is 2.50 bits per heavy atom. The van der Waals surface area contributed by atoms with Crippen LogP contribution in [0.5, 0.6) is 0 Å². The van der Waals surface area contributed by atoms with Crippen molar-refractivity contribution in [2.24, 2.45) is 0 Å². The number of amides is 3. The van der Waals surface area contributed by atoms with E-state index in [2.05, 4.69) is 10.6 Å². The van der Waals surface area contributed by atoms with E-state index in [-0.39, 0.29) is 5.56 Å². The summed E-state index contributed by atoms with van der Waals surface area (Å²) in [6.07, 6.45) is -1.31. The number of rotatable bonds is 5. The van der Waals surface area contributed by atoms with E-state index in [1.807, 2.05) is 6.07 Å². The highest BCUT2D eigenvalue weighted by atomic mass is 16.5. The quantitative estimate of drug-likeness (QED) is 0.804. The summed E-state index contributed by atoms with van der Waals surface area (Å²) in [6, 6.07) is 15.5. The van der Waals surface area contributed by atoms with Crippen LogP contribution >= 0.6 is 0 Å². The second kappa shape index (κ2) is 8.99. The van der Waals surface area contributed by atoms with Gasteiger partial charge in [0, 0.05) is 12.1 Å². The van der Waals surface area contributed by atoms with Crippen LogP contribution in [-0.4, -0.2) is 24.5 Å². The molecule has 2 aromatic rings. The van der Waals surface area contributed by atoms with Crippen molar-refractivity contribution in [2.45, 2.75) is 13.0 Å². The number of esters is 1. The summed E-state index contributed by atoms with van der Waals surface area (Å²) in [5, 5.41) is 13.5. The maximum Gasteiger partial charge on any atom is 0.339 e. The molecule has 132 valence electrons. The minimum absolute atomic E-state index is 0.135. The van der Waals surface area contributed by atoms with Crippen LogP contribution in [0.2, 0.25) is 0 Å². The van der Waals surface area contributed by atoms with Crippen molar-refractivity contribution >= 4 is 17.9 Å². The predicted octanol–water partition coefficient (Wildman–Crippen LogP) is 2.30. The molecule has 0 bridgehead atoms. The number of nitrogens with one attached hydrogen (secondary N) is 2. The second-order valence-corrected chi connectivity index (χ2v) is 5.24.